The first-order valence-corrected chi connectivity index (χ1v) is 8.83. The van der Waals surface area contributed by atoms with Gasteiger partial charge in [-0.05, 0) is 25.8 Å². The molecule has 3 N–H and O–H groups in total. The Kier molecular flexibility index (Phi) is 7.12. The van der Waals surface area contributed by atoms with E-state index >= 15 is 0 Å². The maximum absolute atomic E-state index is 11.3. The predicted octanol–water partition coefficient (Wildman–Crippen LogP) is -0.921. The highest BCUT2D eigenvalue weighted by molar-refractivity contribution is 7.90. The lowest BCUT2D eigenvalue weighted by Crippen LogP contribution is -2.28. The summed E-state index contributed by atoms with van der Waals surface area (Å²) in [6, 6.07) is 0. The molecule has 0 aliphatic rings. The van der Waals surface area contributed by atoms with E-state index in [0.29, 0.717) is 25.8 Å². The SMILES string of the molecule is CS(=O)(=O)CCCNS(=O)(=O)CCCCN. The summed E-state index contributed by atoms with van der Waals surface area (Å²) in [4.78, 5) is 0. The van der Waals surface area contributed by atoms with Crippen LogP contribution >= 0.6 is 0 Å². The summed E-state index contributed by atoms with van der Waals surface area (Å²) in [6.07, 6.45) is 2.62. The van der Waals surface area contributed by atoms with Gasteiger partial charge in [-0.25, -0.2) is 21.6 Å². The van der Waals surface area contributed by atoms with Crippen LogP contribution < -0.4 is 10.5 Å². The maximum Gasteiger partial charge on any atom is 0.211 e. The van der Waals surface area contributed by atoms with Gasteiger partial charge in [0.05, 0.1) is 11.5 Å². The van der Waals surface area contributed by atoms with Crippen molar-refractivity contribution in [3.63, 3.8) is 0 Å². The minimum Gasteiger partial charge on any atom is -0.330 e. The number of hydrogen-bond acceptors (Lipinski definition) is 5. The van der Waals surface area contributed by atoms with E-state index in [1.54, 1.807) is 0 Å². The Morgan fingerprint density at radius 3 is 2.12 bits per heavy atom. The molecule has 0 heterocycles. The quantitative estimate of drug-likeness (QED) is 0.528. The largest absolute Gasteiger partial charge is 0.330 e. The van der Waals surface area contributed by atoms with E-state index in [4.69, 9.17) is 5.73 Å². The standard InChI is InChI=1S/C8H20N2O4S2/c1-15(11,12)7-4-6-10-16(13,14)8-3-2-5-9/h10H,2-9H2,1H3. The lowest BCUT2D eigenvalue weighted by molar-refractivity contribution is 0.574. The average molecular weight is 272 g/mol. The molecule has 98 valence electrons. The Morgan fingerprint density at radius 1 is 1.00 bits per heavy atom. The lowest BCUT2D eigenvalue weighted by Gasteiger charge is -2.05. The molecule has 0 aromatic carbocycles. The summed E-state index contributed by atoms with van der Waals surface area (Å²) in [6.45, 7) is 0.641. The van der Waals surface area contributed by atoms with Gasteiger partial charge in [-0.1, -0.05) is 0 Å². The molecular formula is C8H20N2O4S2. The number of unbranched alkanes of at least 4 members (excludes halogenated alkanes) is 1. The van der Waals surface area contributed by atoms with Crippen LogP contribution in [0.2, 0.25) is 0 Å². The van der Waals surface area contributed by atoms with Crippen molar-refractivity contribution in [1.82, 2.24) is 4.72 Å². The molecule has 8 heteroatoms. The molecule has 0 rings (SSSR count). The molecule has 0 aromatic rings. The van der Waals surface area contributed by atoms with E-state index in [1.165, 1.54) is 0 Å². The predicted molar refractivity (Wildman–Crippen MR) is 64.4 cm³/mol. The number of sulfone groups is 1. The topological polar surface area (TPSA) is 106 Å². The van der Waals surface area contributed by atoms with Crippen LogP contribution in [-0.4, -0.2) is 47.7 Å². The van der Waals surface area contributed by atoms with Gasteiger partial charge in [0.15, 0.2) is 0 Å². The van der Waals surface area contributed by atoms with Crippen molar-refractivity contribution in [1.29, 1.82) is 0 Å². The second-order valence-corrected chi connectivity index (χ2v) is 7.88. The van der Waals surface area contributed by atoms with Gasteiger partial charge in [0, 0.05) is 12.8 Å². The second kappa shape index (κ2) is 7.21. The highest BCUT2D eigenvalue weighted by Gasteiger charge is 2.09. The number of nitrogens with one attached hydrogen (secondary N) is 1. The minimum absolute atomic E-state index is 0.00167. The zero-order valence-electron chi connectivity index (χ0n) is 9.48. The van der Waals surface area contributed by atoms with Crippen LogP contribution in [0.4, 0.5) is 0 Å². The van der Waals surface area contributed by atoms with Gasteiger partial charge < -0.3 is 5.73 Å². The third-order valence-corrected chi connectivity index (χ3v) is 4.38. The van der Waals surface area contributed by atoms with Crippen LogP contribution in [0.3, 0.4) is 0 Å². The Hall–Kier alpha value is -0.180. The second-order valence-electron chi connectivity index (χ2n) is 3.69. The summed E-state index contributed by atoms with van der Waals surface area (Å²) >= 11 is 0. The molecule has 0 saturated carbocycles. The third kappa shape index (κ3) is 10.3. The van der Waals surface area contributed by atoms with Crippen LogP contribution in [-0.2, 0) is 19.9 Å². The molecule has 0 unspecified atom stereocenters. The molecular weight excluding hydrogens is 252 g/mol. The normalized spacial score (nSPS) is 12.9. The molecule has 0 bridgehead atoms. The van der Waals surface area contributed by atoms with Crippen molar-refractivity contribution in [2.75, 3.05) is 30.9 Å². The first-order valence-electron chi connectivity index (χ1n) is 5.12. The zero-order valence-corrected chi connectivity index (χ0v) is 11.1. The first-order chi connectivity index (χ1) is 7.27. The number of rotatable bonds is 9. The van der Waals surface area contributed by atoms with Gasteiger partial charge in [-0.15, -0.1) is 0 Å². The molecule has 0 atom stereocenters. The van der Waals surface area contributed by atoms with Crippen molar-refractivity contribution in [2.45, 2.75) is 19.3 Å². The zero-order chi connectivity index (χ0) is 12.7. The highest BCUT2D eigenvalue weighted by atomic mass is 32.2. The van der Waals surface area contributed by atoms with Crippen molar-refractivity contribution in [2.24, 2.45) is 5.73 Å². The number of sulfonamides is 1. The van der Waals surface area contributed by atoms with Gasteiger partial charge in [0.1, 0.15) is 9.84 Å². The molecule has 0 aliphatic carbocycles. The number of nitrogens with two attached hydrogens (primary N) is 1. The van der Waals surface area contributed by atoms with Crippen LogP contribution in [0.5, 0.6) is 0 Å². The molecule has 0 spiro atoms. The van der Waals surface area contributed by atoms with Gasteiger partial charge >= 0.3 is 0 Å². The van der Waals surface area contributed by atoms with Crippen LogP contribution in [0.1, 0.15) is 19.3 Å². The van der Waals surface area contributed by atoms with E-state index < -0.39 is 19.9 Å². The molecule has 0 aromatic heterocycles. The highest BCUT2D eigenvalue weighted by Crippen LogP contribution is 1.94. The van der Waals surface area contributed by atoms with Crippen LogP contribution in [0.15, 0.2) is 0 Å². The van der Waals surface area contributed by atoms with Crippen LogP contribution in [0.25, 0.3) is 0 Å². The Bertz CT molecular complexity index is 375. The summed E-state index contributed by atoms with van der Waals surface area (Å²) in [5, 5.41) is 0. The maximum atomic E-state index is 11.3. The molecule has 0 aliphatic heterocycles. The molecule has 0 radical (unpaired) electrons. The van der Waals surface area contributed by atoms with E-state index in [0.717, 1.165) is 6.26 Å². The van der Waals surface area contributed by atoms with Crippen molar-refractivity contribution < 1.29 is 16.8 Å². The monoisotopic (exact) mass is 272 g/mol. The Balaban J connectivity index is 3.75. The third-order valence-electron chi connectivity index (χ3n) is 1.88. The Labute approximate surface area is 97.6 Å². The van der Waals surface area contributed by atoms with Gasteiger partial charge in [-0.2, -0.15) is 0 Å². The van der Waals surface area contributed by atoms with Gasteiger partial charge in [0.2, 0.25) is 10.0 Å². The van der Waals surface area contributed by atoms with Crippen molar-refractivity contribution >= 4 is 19.9 Å². The Morgan fingerprint density at radius 2 is 1.62 bits per heavy atom. The van der Waals surface area contributed by atoms with E-state index in [-0.39, 0.29) is 18.1 Å². The van der Waals surface area contributed by atoms with Gasteiger partial charge in [-0.3, -0.25) is 0 Å². The fourth-order valence-electron chi connectivity index (χ4n) is 1.07. The van der Waals surface area contributed by atoms with Crippen molar-refractivity contribution in [3.8, 4) is 0 Å². The van der Waals surface area contributed by atoms with Gasteiger partial charge in [0.25, 0.3) is 0 Å². The summed E-state index contributed by atoms with van der Waals surface area (Å²) < 4.78 is 46.6. The van der Waals surface area contributed by atoms with E-state index in [1.807, 2.05) is 0 Å². The first kappa shape index (κ1) is 15.8. The average Bonchev–Trinajstić information content (AvgIpc) is 2.11. The summed E-state index contributed by atoms with van der Waals surface area (Å²) in [5.74, 6) is 0.0431. The molecule has 0 fully saturated rings. The lowest BCUT2D eigenvalue weighted by atomic mass is 10.3. The fourth-order valence-corrected chi connectivity index (χ4v) is 2.92. The molecule has 0 amide bonds. The molecule has 6 nitrogen and oxygen atoms in total. The molecule has 16 heavy (non-hydrogen) atoms. The van der Waals surface area contributed by atoms with E-state index in [2.05, 4.69) is 4.72 Å². The fraction of sp³-hybridized carbons (Fsp3) is 1.00. The summed E-state index contributed by atoms with van der Waals surface area (Å²) in [7, 11) is -6.29. The van der Waals surface area contributed by atoms with Crippen molar-refractivity contribution in [3.05, 3.63) is 0 Å². The summed E-state index contributed by atoms with van der Waals surface area (Å²) in [5.41, 5.74) is 5.25. The number of hydrogen-bond donors (Lipinski definition) is 2. The minimum atomic E-state index is -3.27. The molecule has 0 saturated heterocycles. The van der Waals surface area contributed by atoms with E-state index in [9.17, 15) is 16.8 Å². The smallest absolute Gasteiger partial charge is 0.211 e. The van der Waals surface area contributed by atoms with Crippen LogP contribution in [0, 0.1) is 0 Å².